The van der Waals surface area contributed by atoms with Crippen molar-refractivity contribution in [2.45, 2.75) is 32.1 Å². The summed E-state index contributed by atoms with van der Waals surface area (Å²) in [6.45, 7) is 2.12. The fourth-order valence-corrected chi connectivity index (χ4v) is 4.65. The quantitative estimate of drug-likeness (QED) is 0.847. The largest absolute Gasteiger partial charge is 0.339 e. The molecule has 1 atom stereocenters. The third-order valence-electron chi connectivity index (χ3n) is 5.28. The average molecular weight is 394 g/mol. The molecule has 1 aromatic carbocycles. The van der Waals surface area contributed by atoms with Crippen molar-refractivity contribution in [2.75, 3.05) is 37.8 Å². The van der Waals surface area contributed by atoms with Gasteiger partial charge in [-0.3, -0.25) is 9.59 Å². The van der Waals surface area contributed by atoms with Gasteiger partial charge in [0.1, 0.15) is 0 Å². The van der Waals surface area contributed by atoms with Crippen LogP contribution in [0.4, 0.5) is 5.69 Å². The van der Waals surface area contributed by atoms with Crippen molar-refractivity contribution in [3.8, 4) is 0 Å². The first kappa shape index (κ1) is 19.8. The van der Waals surface area contributed by atoms with Gasteiger partial charge in [-0.05, 0) is 44.2 Å². The van der Waals surface area contributed by atoms with E-state index in [2.05, 4.69) is 5.32 Å². The summed E-state index contributed by atoms with van der Waals surface area (Å²) < 4.78 is 24.9. The van der Waals surface area contributed by atoms with Crippen molar-refractivity contribution in [3.63, 3.8) is 0 Å². The zero-order chi connectivity index (χ0) is 19.4. The van der Waals surface area contributed by atoms with Gasteiger partial charge >= 0.3 is 0 Å². The summed E-state index contributed by atoms with van der Waals surface area (Å²) in [4.78, 5) is 27.4. The first-order valence-corrected chi connectivity index (χ1v) is 11.4. The Morgan fingerprint density at radius 3 is 2.44 bits per heavy atom. The second-order valence-corrected chi connectivity index (χ2v) is 9.33. The van der Waals surface area contributed by atoms with Gasteiger partial charge in [0.2, 0.25) is 15.9 Å². The smallest absolute Gasteiger partial charge is 0.255 e. The zero-order valence-corrected chi connectivity index (χ0v) is 16.5. The standard InChI is InChI=1S/C19H27N3O4S/c1-27(25,26)22-13-7-8-15(14-22)18(23)20-17-10-4-3-9-16(17)19(24)21-11-5-2-6-12-21/h3-4,9-10,15H,2,5-8,11-14H2,1H3,(H,20,23)/t15-/m0/s1. The highest BCUT2D eigenvalue weighted by molar-refractivity contribution is 7.88. The molecule has 0 aliphatic carbocycles. The molecule has 0 aromatic heterocycles. The normalized spacial score (nSPS) is 21.7. The number of hydrogen-bond donors (Lipinski definition) is 1. The summed E-state index contributed by atoms with van der Waals surface area (Å²) in [7, 11) is -3.31. The number of anilines is 1. The Bertz CT molecular complexity index is 803. The second-order valence-electron chi connectivity index (χ2n) is 7.35. The van der Waals surface area contributed by atoms with Gasteiger partial charge in [-0.2, -0.15) is 0 Å². The third-order valence-corrected chi connectivity index (χ3v) is 6.55. The topological polar surface area (TPSA) is 86.8 Å². The molecule has 7 nitrogen and oxygen atoms in total. The van der Waals surface area contributed by atoms with Crippen molar-refractivity contribution in [1.82, 2.24) is 9.21 Å². The molecule has 148 valence electrons. The van der Waals surface area contributed by atoms with E-state index < -0.39 is 15.9 Å². The van der Waals surface area contributed by atoms with Crippen LogP contribution >= 0.6 is 0 Å². The van der Waals surface area contributed by atoms with Crippen molar-refractivity contribution < 1.29 is 18.0 Å². The number of piperidine rings is 2. The lowest BCUT2D eigenvalue weighted by Gasteiger charge is -2.30. The van der Waals surface area contributed by atoms with Crippen LogP contribution in [0.2, 0.25) is 0 Å². The lowest BCUT2D eigenvalue weighted by molar-refractivity contribution is -0.120. The highest BCUT2D eigenvalue weighted by Gasteiger charge is 2.31. The molecule has 27 heavy (non-hydrogen) atoms. The van der Waals surface area contributed by atoms with Gasteiger partial charge in [-0.1, -0.05) is 12.1 Å². The van der Waals surface area contributed by atoms with Crippen molar-refractivity contribution in [1.29, 1.82) is 0 Å². The number of carbonyl (C=O) groups is 2. The van der Waals surface area contributed by atoms with Crippen molar-refractivity contribution in [3.05, 3.63) is 29.8 Å². The van der Waals surface area contributed by atoms with E-state index in [0.29, 0.717) is 30.6 Å². The first-order chi connectivity index (χ1) is 12.9. The molecule has 1 N–H and O–H groups in total. The van der Waals surface area contributed by atoms with Crippen LogP contribution < -0.4 is 5.32 Å². The zero-order valence-electron chi connectivity index (χ0n) is 15.7. The maximum absolute atomic E-state index is 12.8. The van der Waals surface area contributed by atoms with Gasteiger partial charge in [0.05, 0.1) is 23.4 Å². The van der Waals surface area contributed by atoms with Gasteiger partial charge in [0.25, 0.3) is 5.91 Å². The summed E-state index contributed by atoms with van der Waals surface area (Å²) >= 11 is 0. The predicted molar refractivity (Wildman–Crippen MR) is 104 cm³/mol. The molecule has 0 radical (unpaired) electrons. The van der Waals surface area contributed by atoms with E-state index in [1.165, 1.54) is 10.6 Å². The molecule has 1 aromatic rings. The molecule has 2 heterocycles. The van der Waals surface area contributed by atoms with E-state index in [1.54, 1.807) is 24.3 Å². The van der Waals surface area contributed by atoms with Crippen LogP contribution in [-0.4, -0.2) is 61.9 Å². The van der Waals surface area contributed by atoms with Gasteiger partial charge < -0.3 is 10.2 Å². The highest BCUT2D eigenvalue weighted by atomic mass is 32.2. The Labute approximate surface area is 160 Å². The minimum Gasteiger partial charge on any atom is -0.339 e. The van der Waals surface area contributed by atoms with Crippen molar-refractivity contribution in [2.24, 2.45) is 5.92 Å². The Morgan fingerprint density at radius 1 is 1.04 bits per heavy atom. The Morgan fingerprint density at radius 2 is 1.74 bits per heavy atom. The SMILES string of the molecule is CS(=O)(=O)N1CCC[C@H](C(=O)Nc2ccccc2C(=O)N2CCCCC2)C1. The van der Waals surface area contributed by atoms with Crippen LogP contribution in [0, 0.1) is 5.92 Å². The fourth-order valence-electron chi connectivity index (χ4n) is 3.74. The number of nitrogens with one attached hydrogen (secondary N) is 1. The predicted octanol–water partition coefficient (Wildman–Crippen LogP) is 1.92. The molecular formula is C19H27N3O4S. The van der Waals surface area contributed by atoms with Crippen LogP contribution in [0.3, 0.4) is 0 Å². The van der Waals surface area contributed by atoms with Crippen LogP contribution in [0.15, 0.2) is 24.3 Å². The van der Waals surface area contributed by atoms with E-state index in [-0.39, 0.29) is 18.4 Å². The van der Waals surface area contributed by atoms with Gasteiger partial charge in [-0.15, -0.1) is 0 Å². The van der Waals surface area contributed by atoms with E-state index in [4.69, 9.17) is 0 Å². The molecule has 3 rings (SSSR count). The van der Waals surface area contributed by atoms with Crippen molar-refractivity contribution >= 4 is 27.5 Å². The maximum atomic E-state index is 12.8. The van der Waals surface area contributed by atoms with E-state index in [0.717, 1.165) is 32.4 Å². The molecular weight excluding hydrogens is 366 g/mol. The number of rotatable bonds is 4. The Balaban J connectivity index is 1.72. The lowest BCUT2D eigenvalue weighted by atomic mass is 9.98. The second kappa shape index (κ2) is 8.39. The van der Waals surface area contributed by atoms with E-state index in [1.807, 2.05) is 4.90 Å². The van der Waals surface area contributed by atoms with E-state index >= 15 is 0 Å². The molecule has 2 aliphatic rings. The summed E-state index contributed by atoms with van der Waals surface area (Å²) in [6.07, 6.45) is 5.60. The number of hydrogen-bond acceptors (Lipinski definition) is 4. The van der Waals surface area contributed by atoms with Gasteiger partial charge in [0, 0.05) is 26.2 Å². The van der Waals surface area contributed by atoms with E-state index in [9.17, 15) is 18.0 Å². The minimum absolute atomic E-state index is 0.0630. The number of para-hydroxylation sites is 1. The first-order valence-electron chi connectivity index (χ1n) is 9.50. The summed E-state index contributed by atoms with van der Waals surface area (Å²) in [6, 6.07) is 7.04. The number of nitrogens with zero attached hydrogens (tertiary/aromatic N) is 2. The molecule has 2 saturated heterocycles. The minimum atomic E-state index is -3.31. The summed E-state index contributed by atoms with van der Waals surface area (Å²) in [5, 5.41) is 2.86. The average Bonchev–Trinajstić information content (AvgIpc) is 2.68. The molecule has 2 amide bonds. The molecule has 2 aliphatic heterocycles. The molecule has 0 spiro atoms. The monoisotopic (exact) mass is 393 g/mol. The van der Waals surface area contributed by atoms with Gasteiger partial charge in [0.15, 0.2) is 0 Å². The number of benzene rings is 1. The highest BCUT2D eigenvalue weighted by Crippen LogP contribution is 2.23. The lowest BCUT2D eigenvalue weighted by Crippen LogP contribution is -2.43. The van der Waals surface area contributed by atoms with Crippen LogP contribution in [-0.2, 0) is 14.8 Å². The number of sulfonamides is 1. The molecule has 2 fully saturated rings. The Kier molecular flexibility index (Phi) is 6.16. The van der Waals surface area contributed by atoms with Crippen LogP contribution in [0.1, 0.15) is 42.5 Å². The maximum Gasteiger partial charge on any atom is 0.255 e. The van der Waals surface area contributed by atoms with Gasteiger partial charge in [-0.25, -0.2) is 12.7 Å². The summed E-state index contributed by atoms with van der Waals surface area (Å²) in [5.41, 5.74) is 0.984. The number of likely N-dealkylation sites (tertiary alicyclic amines) is 1. The summed E-state index contributed by atoms with van der Waals surface area (Å²) in [5.74, 6) is -0.708. The molecule has 8 heteroatoms. The fraction of sp³-hybridized carbons (Fsp3) is 0.579. The molecule has 0 bridgehead atoms. The number of amides is 2. The van der Waals surface area contributed by atoms with Crippen LogP contribution in [0.25, 0.3) is 0 Å². The number of carbonyl (C=O) groups excluding carboxylic acids is 2. The van der Waals surface area contributed by atoms with Crippen LogP contribution in [0.5, 0.6) is 0 Å². The molecule has 0 unspecified atom stereocenters. The molecule has 0 saturated carbocycles. The third kappa shape index (κ3) is 4.87. The Hall–Kier alpha value is -1.93.